The van der Waals surface area contributed by atoms with Crippen molar-refractivity contribution >= 4 is 23.5 Å². The van der Waals surface area contributed by atoms with Gasteiger partial charge in [0, 0.05) is 6.61 Å². The molecule has 0 aliphatic rings. The minimum Gasteiger partial charge on any atom is -0.481 e. The van der Waals surface area contributed by atoms with Crippen molar-refractivity contribution in [3.05, 3.63) is 41.5 Å². The van der Waals surface area contributed by atoms with Gasteiger partial charge in [0.25, 0.3) is 0 Å². The number of ether oxygens (including phenoxy) is 2. The van der Waals surface area contributed by atoms with Crippen LogP contribution in [0.25, 0.3) is 5.57 Å². The lowest BCUT2D eigenvalue weighted by Gasteiger charge is -2.12. The zero-order valence-electron chi connectivity index (χ0n) is 16.2. The molecule has 2 N–H and O–H groups in total. The standard InChI is InChI=1S/C21H28O7/c1-2-3-4-8-11-27-12-13-28-20(24)15-17(16-9-6-5-7-10-16)18(21(25)26)14-19(22)23/h5-7,9-10H,2-4,8,11-15H2,1H3,(H,22,23)(H,25,26). The van der Waals surface area contributed by atoms with Crippen LogP contribution in [0.5, 0.6) is 0 Å². The Morgan fingerprint density at radius 2 is 1.61 bits per heavy atom. The number of aliphatic carboxylic acids is 2. The Morgan fingerprint density at radius 3 is 2.21 bits per heavy atom. The zero-order valence-corrected chi connectivity index (χ0v) is 16.2. The van der Waals surface area contributed by atoms with Crippen LogP contribution < -0.4 is 0 Å². The second-order valence-electron chi connectivity index (χ2n) is 6.27. The largest absolute Gasteiger partial charge is 0.481 e. The topological polar surface area (TPSA) is 110 Å². The van der Waals surface area contributed by atoms with Gasteiger partial charge in [-0.3, -0.25) is 9.59 Å². The lowest BCUT2D eigenvalue weighted by atomic mass is 9.95. The summed E-state index contributed by atoms with van der Waals surface area (Å²) < 4.78 is 10.5. The highest BCUT2D eigenvalue weighted by molar-refractivity contribution is 6.03. The number of carboxylic acids is 2. The fourth-order valence-electron chi connectivity index (χ4n) is 2.63. The first-order chi connectivity index (χ1) is 13.5. The Bertz CT molecular complexity index is 665. The zero-order chi connectivity index (χ0) is 20.8. The summed E-state index contributed by atoms with van der Waals surface area (Å²) in [6, 6.07) is 8.38. The normalized spacial score (nSPS) is 11.6. The number of benzene rings is 1. The lowest BCUT2D eigenvalue weighted by Crippen LogP contribution is -2.15. The number of carbonyl (C=O) groups is 3. The van der Waals surface area contributed by atoms with Crippen molar-refractivity contribution in [2.45, 2.75) is 45.4 Å². The van der Waals surface area contributed by atoms with Gasteiger partial charge in [0.1, 0.15) is 6.61 Å². The first kappa shape index (κ1) is 23.4. The molecule has 1 aromatic carbocycles. The third kappa shape index (κ3) is 9.32. The summed E-state index contributed by atoms with van der Waals surface area (Å²) in [5.74, 6) is -3.28. The van der Waals surface area contributed by atoms with Gasteiger partial charge in [-0.2, -0.15) is 0 Å². The highest BCUT2D eigenvalue weighted by Crippen LogP contribution is 2.25. The van der Waals surface area contributed by atoms with Crippen LogP contribution in [0.15, 0.2) is 35.9 Å². The molecule has 28 heavy (non-hydrogen) atoms. The first-order valence-electron chi connectivity index (χ1n) is 9.41. The summed E-state index contributed by atoms with van der Waals surface area (Å²) in [6.07, 6.45) is 3.36. The third-order valence-corrected chi connectivity index (χ3v) is 4.03. The molecule has 0 aromatic heterocycles. The maximum absolute atomic E-state index is 12.2. The summed E-state index contributed by atoms with van der Waals surface area (Å²) in [6.45, 7) is 3.07. The van der Waals surface area contributed by atoms with E-state index in [-0.39, 0.29) is 30.8 Å². The van der Waals surface area contributed by atoms with E-state index in [1.165, 1.54) is 0 Å². The molecule has 0 bridgehead atoms. The Morgan fingerprint density at radius 1 is 0.893 bits per heavy atom. The number of hydrogen-bond donors (Lipinski definition) is 2. The van der Waals surface area contributed by atoms with Crippen LogP contribution in [0, 0.1) is 0 Å². The molecular weight excluding hydrogens is 364 g/mol. The molecule has 0 saturated carbocycles. The fraction of sp³-hybridized carbons (Fsp3) is 0.476. The van der Waals surface area contributed by atoms with E-state index in [1.54, 1.807) is 30.3 Å². The van der Waals surface area contributed by atoms with E-state index in [0.717, 1.165) is 25.7 Å². The van der Waals surface area contributed by atoms with Gasteiger partial charge >= 0.3 is 17.9 Å². The van der Waals surface area contributed by atoms with Crippen molar-refractivity contribution in [2.75, 3.05) is 19.8 Å². The second kappa shape index (κ2) is 13.5. The van der Waals surface area contributed by atoms with Crippen molar-refractivity contribution in [1.29, 1.82) is 0 Å². The van der Waals surface area contributed by atoms with Gasteiger partial charge in [0.05, 0.1) is 25.0 Å². The minimum atomic E-state index is -1.37. The molecule has 0 saturated heterocycles. The summed E-state index contributed by atoms with van der Waals surface area (Å²) in [7, 11) is 0. The van der Waals surface area contributed by atoms with Crippen LogP contribution >= 0.6 is 0 Å². The Balaban J connectivity index is 2.68. The molecule has 0 aliphatic heterocycles. The van der Waals surface area contributed by atoms with E-state index >= 15 is 0 Å². The molecule has 0 fully saturated rings. The van der Waals surface area contributed by atoms with Crippen molar-refractivity contribution in [2.24, 2.45) is 0 Å². The molecule has 0 radical (unpaired) electrons. The van der Waals surface area contributed by atoms with Gasteiger partial charge in [-0.25, -0.2) is 4.79 Å². The maximum atomic E-state index is 12.2. The fourth-order valence-corrected chi connectivity index (χ4v) is 2.63. The summed E-state index contributed by atoms with van der Waals surface area (Å²) in [4.78, 5) is 34.8. The minimum absolute atomic E-state index is 0.0655. The van der Waals surface area contributed by atoms with Crippen molar-refractivity contribution in [1.82, 2.24) is 0 Å². The second-order valence-corrected chi connectivity index (χ2v) is 6.27. The number of hydrogen-bond acceptors (Lipinski definition) is 5. The maximum Gasteiger partial charge on any atom is 0.332 e. The SMILES string of the molecule is CCCCCCOCCOC(=O)CC(=C(CC(=O)O)C(=O)O)c1ccccc1. The Hall–Kier alpha value is -2.67. The van der Waals surface area contributed by atoms with E-state index in [9.17, 15) is 19.5 Å². The molecule has 0 amide bonds. The number of rotatable bonds is 14. The number of carboxylic acid groups (broad SMARTS) is 2. The number of unbranched alkanes of at least 4 members (excludes halogenated alkanes) is 3. The Kier molecular flexibility index (Phi) is 11.3. The van der Waals surface area contributed by atoms with Gasteiger partial charge in [-0.15, -0.1) is 0 Å². The summed E-state index contributed by atoms with van der Waals surface area (Å²) in [5.41, 5.74) is 0.286. The van der Waals surface area contributed by atoms with Crippen LogP contribution in [0.4, 0.5) is 0 Å². The molecule has 0 unspecified atom stereocenters. The summed E-state index contributed by atoms with van der Waals surface area (Å²) >= 11 is 0. The van der Waals surface area contributed by atoms with Crippen LogP contribution in [0.2, 0.25) is 0 Å². The van der Waals surface area contributed by atoms with Gasteiger partial charge in [-0.05, 0) is 17.6 Å². The first-order valence-corrected chi connectivity index (χ1v) is 9.41. The van der Waals surface area contributed by atoms with E-state index in [1.807, 2.05) is 0 Å². The molecule has 7 heteroatoms. The lowest BCUT2D eigenvalue weighted by molar-refractivity contribution is -0.144. The summed E-state index contributed by atoms with van der Waals surface area (Å²) in [5, 5.41) is 18.4. The smallest absolute Gasteiger partial charge is 0.332 e. The number of esters is 1. The van der Waals surface area contributed by atoms with Crippen molar-refractivity contribution in [3.8, 4) is 0 Å². The van der Waals surface area contributed by atoms with E-state index in [2.05, 4.69) is 6.92 Å². The average molecular weight is 392 g/mol. The van der Waals surface area contributed by atoms with Gasteiger partial charge < -0.3 is 19.7 Å². The van der Waals surface area contributed by atoms with Crippen molar-refractivity contribution < 1.29 is 34.1 Å². The molecule has 0 heterocycles. The highest BCUT2D eigenvalue weighted by Gasteiger charge is 2.21. The van der Waals surface area contributed by atoms with E-state index in [0.29, 0.717) is 12.2 Å². The predicted molar refractivity (Wildman–Crippen MR) is 104 cm³/mol. The predicted octanol–water partition coefficient (Wildman–Crippen LogP) is 3.53. The van der Waals surface area contributed by atoms with Gasteiger partial charge in [0.15, 0.2) is 0 Å². The monoisotopic (exact) mass is 392 g/mol. The van der Waals surface area contributed by atoms with Crippen molar-refractivity contribution in [3.63, 3.8) is 0 Å². The molecule has 154 valence electrons. The molecule has 0 atom stereocenters. The Labute approximate surface area is 165 Å². The molecule has 1 aromatic rings. The third-order valence-electron chi connectivity index (χ3n) is 4.03. The van der Waals surface area contributed by atoms with Gasteiger partial charge in [0.2, 0.25) is 0 Å². The molecule has 0 aliphatic carbocycles. The van der Waals surface area contributed by atoms with E-state index in [4.69, 9.17) is 14.6 Å². The number of carbonyl (C=O) groups excluding carboxylic acids is 1. The van der Waals surface area contributed by atoms with Crippen LogP contribution in [-0.4, -0.2) is 47.9 Å². The highest BCUT2D eigenvalue weighted by atomic mass is 16.6. The molecule has 7 nitrogen and oxygen atoms in total. The quantitative estimate of drug-likeness (QED) is 0.283. The van der Waals surface area contributed by atoms with Crippen LogP contribution in [0.1, 0.15) is 51.0 Å². The molecule has 1 rings (SSSR count). The molecular formula is C21H28O7. The van der Waals surface area contributed by atoms with E-state index < -0.39 is 24.3 Å². The van der Waals surface area contributed by atoms with Crippen LogP contribution in [0.3, 0.4) is 0 Å². The molecule has 0 spiro atoms. The van der Waals surface area contributed by atoms with Crippen LogP contribution in [-0.2, 0) is 23.9 Å². The van der Waals surface area contributed by atoms with Gasteiger partial charge in [-0.1, -0.05) is 56.5 Å². The average Bonchev–Trinajstić information content (AvgIpc) is 2.67.